The highest BCUT2D eigenvalue weighted by Crippen LogP contribution is 2.32. The Morgan fingerprint density at radius 3 is 1.80 bits per heavy atom. The number of esters is 1. The molecule has 0 aliphatic heterocycles. The summed E-state index contributed by atoms with van der Waals surface area (Å²) in [4.78, 5) is 24.1. The number of carbonyl (C=O) groups is 2. The quantitative estimate of drug-likeness (QED) is 0.442. The Labute approximate surface area is 145 Å². The van der Waals surface area contributed by atoms with Crippen LogP contribution in [0.1, 0.15) is 21.5 Å². The first-order chi connectivity index (χ1) is 12.2. The number of benzene rings is 3. The zero-order valence-corrected chi connectivity index (χ0v) is 13.3. The van der Waals surface area contributed by atoms with Crippen molar-refractivity contribution in [3.05, 3.63) is 102 Å². The molecule has 0 radical (unpaired) electrons. The number of hydrogen-bond acceptors (Lipinski definition) is 4. The lowest BCUT2D eigenvalue weighted by molar-refractivity contribution is -0.152. The molecule has 1 N–H and O–H groups in total. The standard InChI is InChI=1S/C21H16O4/c22-15-16-9-7-8-14-19(16)25-20(23)21(24,17-10-3-1-4-11-17)18-12-5-2-6-13-18/h1-15,24H. The Bertz CT molecular complexity index is 833. The van der Waals surface area contributed by atoms with Crippen LogP contribution in [0, 0.1) is 0 Å². The van der Waals surface area contributed by atoms with Crippen LogP contribution in [-0.4, -0.2) is 17.4 Å². The summed E-state index contributed by atoms with van der Waals surface area (Å²) in [5.41, 5.74) is -0.984. The molecular weight excluding hydrogens is 316 g/mol. The fourth-order valence-corrected chi connectivity index (χ4v) is 2.61. The van der Waals surface area contributed by atoms with Crippen molar-refractivity contribution in [1.82, 2.24) is 0 Å². The van der Waals surface area contributed by atoms with Gasteiger partial charge in [-0.2, -0.15) is 0 Å². The van der Waals surface area contributed by atoms with Crippen molar-refractivity contribution in [2.75, 3.05) is 0 Å². The molecule has 0 aromatic heterocycles. The first kappa shape index (κ1) is 16.6. The van der Waals surface area contributed by atoms with Crippen molar-refractivity contribution in [1.29, 1.82) is 0 Å². The Hall–Kier alpha value is -3.24. The van der Waals surface area contributed by atoms with E-state index in [1.165, 1.54) is 6.07 Å². The smallest absolute Gasteiger partial charge is 0.353 e. The fourth-order valence-electron chi connectivity index (χ4n) is 2.61. The molecule has 0 aliphatic rings. The third-order valence-electron chi connectivity index (χ3n) is 3.93. The number of ether oxygens (including phenoxy) is 1. The summed E-state index contributed by atoms with van der Waals surface area (Å²) in [6.45, 7) is 0. The van der Waals surface area contributed by atoms with Gasteiger partial charge in [0.2, 0.25) is 5.60 Å². The lowest BCUT2D eigenvalue weighted by Gasteiger charge is -2.27. The molecule has 25 heavy (non-hydrogen) atoms. The van der Waals surface area contributed by atoms with Crippen LogP contribution in [0.5, 0.6) is 5.75 Å². The van der Waals surface area contributed by atoms with E-state index >= 15 is 0 Å². The van der Waals surface area contributed by atoms with Gasteiger partial charge in [0.15, 0.2) is 6.29 Å². The van der Waals surface area contributed by atoms with Crippen LogP contribution >= 0.6 is 0 Å². The van der Waals surface area contributed by atoms with Crippen molar-refractivity contribution in [3.63, 3.8) is 0 Å². The summed E-state index contributed by atoms with van der Waals surface area (Å²) in [7, 11) is 0. The second-order valence-electron chi connectivity index (χ2n) is 5.49. The Morgan fingerprint density at radius 1 is 0.800 bits per heavy atom. The molecule has 124 valence electrons. The molecular formula is C21H16O4. The molecule has 3 aromatic rings. The summed E-state index contributed by atoms with van der Waals surface area (Å²) in [6, 6.07) is 23.5. The van der Waals surface area contributed by atoms with Gasteiger partial charge in [0.05, 0.1) is 5.56 Å². The molecule has 0 spiro atoms. The molecule has 0 saturated heterocycles. The maximum Gasteiger partial charge on any atom is 0.353 e. The maximum absolute atomic E-state index is 12.9. The zero-order chi connectivity index (χ0) is 17.7. The second kappa shape index (κ2) is 7.11. The monoisotopic (exact) mass is 332 g/mol. The van der Waals surface area contributed by atoms with Gasteiger partial charge < -0.3 is 9.84 Å². The van der Waals surface area contributed by atoms with Crippen molar-refractivity contribution in [2.45, 2.75) is 5.60 Å². The van der Waals surface area contributed by atoms with Gasteiger partial charge in [-0.15, -0.1) is 0 Å². The average Bonchev–Trinajstić information content (AvgIpc) is 2.69. The third kappa shape index (κ3) is 3.20. The predicted molar refractivity (Wildman–Crippen MR) is 93.3 cm³/mol. The topological polar surface area (TPSA) is 63.6 Å². The molecule has 3 aromatic carbocycles. The van der Waals surface area contributed by atoms with Crippen LogP contribution < -0.4 is 4.74 Å². The number of carbonyl (C=O) groups excluding carboxylic acids is 2. The van der Waals surface area contributed by atoms with Crippen LogP contribution in [0.3, 0.4) is 0 Å². The minimum atomic E-state index is -1.99. The first-order valence-corrected chi connectivity index (χ1v) is 7.76. The van der Waals surface area contributed by atoms with Gasteiger partial charge in [0.1, 0.15) is 5.75 Å². The molecule has 4 nitrogen and oxygen atoms in total. The minimum Gasteiger partial charge on any atom is -0.423 e. The lowest BCUT2D eigenvalue weighted by atomic mass is 9.86. The van der Waals surface area contributed by atoms with Crippen molar-refractivity contribution < 1.29 is 19.4 Å². The molecule has 4 heteroatoms. The van der Waals surface area contributed by atoms with E-state index in [0.717, 1.165) is 0 Å². The van der Waals surface area contributed by atoms with Crippen LogP contribution in [0.4, 0.5) is 0 Å². The summed E-state index contributed by atoms with van der Waals surface area (Å²) >= 11 is 0. The van der Waals surface area contributed by atoms with Gasteiger partial charge in [-0.1, -0.05) is 72.8 Å². The van der Waals surface area contributed by atoms with Crippen LogP contribution in [0.2, 0.25) is 0 Å². The van der Waals surface area contributed by atoms with E-state index in [-0.39, 0.29) is 11.3 Å². The first-order valence-electron chi connectivity index (χ1n) is 7.76. The van der Waals surface area contributed by atoms with E-state index in [9.17, 15) is 14.7 Å². The summed E-state index contributed by atoms with van der Waals surface area (Å²) in [5, 5.41) is 11.3. The van der Waals surface area contributed by atoms with E-state index in [1.54, 1.807) is 78.9 Å². The number of rotatable bonds is 5. The van der Waals surface area contributed by atoms with E-state index in [2.05, 4.69) is 0 Å². The van der Waals surface area contributed by atoms with E-state index in [0.29, 0.717) is 17.4 Å². The SMILES string of the molecule is O=Cc1ccccc1OC(=O)C(O)(c1ccccc1)c1ccccc1. The number of aldehydes is 1. The fraction of sp³-hybridized carbons (Fsp3) is 0.0476. The highest BCUT2D eigenvalue weighted by Gasteiger charge is 2.42. The van der Waals surface area contributed by atoms with Gasteiger partial charge >= 0.3 is 5.97 Å². The second-order valence-corrected chi connectivity index (χ2v) is 5.49. The normalized spacial score (nSPS) is 10.9. The predicted octanol–water partition coefficient (Wildman–Crippen LogP) is 3.34. The van der Waals surface area contributed by atoms with Gasteiger partial charge in [0.25, 0.3) is 0 Å². The Kier molecular flexibility index (Phi) is 4.73. The molecule has 0 amide bonds. The van der Waals surface area contributed by atoms with Crippen molar-refractivity contribution >= 4 is 12.3 Å². The van der Waals surface area contributed by atoms with Crippen molar-refractivity contribution in [2.24, 2.45) is 0 Å². The van der Waals surface area contributed by atoms with Crippen molar-refractivity contribution in [3.8, 4) is 5.75 Å². The van der Waals surface area contributed by atoms with Gasteiger partial charge in [-0.05, 0) is 23.3 Å². The summed E-state index contributed by atoms with van der Waals surface area (Å²) in [5.74, 6) is -0.771. The van der Waals surface area contributed by atoms with Gasteiger partial charge in [-0.25, -0.2) is 4.79 Å². The average molecular weight is 332 g/mol. The third-order valence-corrected chi connectivity index (χ3v) is 3.93. The van der Waals surface area contributed by atoms with E-state index < -0.39 is 11.6 Å². The summed E-state index contributed by atoms with van der Waals surface area (Å²) in [6.07, 6.45) is 0.604. The molecule has 3 rings (SSSR count). The summed E-state index contributed by atoms with van der Waals surface area (Å²) < 4.78 is 5.39. The number of aliphatic hydroxyl groups is 1. The van der Waals surface area contributed by atoms with Crippen LogP contribution in [0.25, 0.3) is 0 Å². The zero-order valence-electron chi connectivity index (χ0n) is 13.3. The number of para-hydroxylation sites is 1. The molecule has 0 bridgehead atoms. The highest BCUT2D eigenvalue weighted by molar-refractivity contribution is 5.89. The number of hydrogen-bond donors (Lipinski definition) is 1. The van der Waals surface area contributed by atoms with Gasteiger partial charge in [0, 0.05) is 0 Å². The van der Waals surface area contributed by atoms with Crippen LogP contribution in [-0.2, 0) is 10.4 Å². The van der Waals surface area contributed by atoms with E-state index in [4.69, 9.17) is 4.74 Å². The van der Waals surface area contributed by atoms with E-state index in [1.807, 2.05) is 0 Å². The highest BCUT2D eigenvalue weighted by atomic mass is 16.6. The Morgan fingerprint density at radius 2 is 1.28 bits per heavy atom. The largest absolute Gasteiger partial charge is 0.423 e. The van der Waals surface area contributed by atoms with Gasteiger partial charge in [-0.3, -0.25) is 4.79 Å². The minimum absolute atomic E-state index is 0.104. The molecule has 0 unspecified atom stereocenters. The van der Waals surface area contributed by atoms with Crippen LogP contribution in [0.15, 0.2) is 84.9 Å². The molecule has 0 fully saturated rings. The lowest BCUT2D eigenvalue weighted by Crippen LogP contribution is -2.40. The molecule has 0 heterocycles. The molecule has 0 saturated carbocycles. The molecule has 0 atom stereocenters. The Balaban J connectivity index is 2.06. The molecule has 0 aliphatic carbocycles. The maximum atomic E-state index is 12.9.